The number of rotatable bonds is 6. The number of para-hydroxylation sites is 1. The minimum Gasteiger partial charge on any atom is -0.496 e. The maximum atomic E-state index is 12.7. The van der Waals surface area contributed by atoms with Crippen LogP contribution in [0.3, 0.4) is 0 Å². The van der Waals surface area contributed by atoms with Gasteiger partial charge in [0.1, 0.15) is 5.75 Å². The van der Waals surface area contributed by atoms with Crippen molar-refractivity contribution in [3.8, 4) is 5.75 Å². The van der Waals surface area contributed by atoms with E-state index in [1.807, 2.05) is 0 Å². The number of esters is 1. The second kappa shape index (κ2) is 9.05. The van der Waals surface area contributed by atoms with E-state index in [0.29, 0.717) is 11.4 Å². The zero-order valence-corrected chi connectivity index (χ0v) is 15.8. The number of hydrogen-bond donors (Lipinski definition) is 2. The first-order valence-electron chi connectivity index (χ1n) is 8.10. The van der Waals surface area contributed by atoms with E-state index in [1.54, 1.807) is 31.2 Å². The van der Waals surface area contributed by atoms with E-state index in [0.717, 1.165) is 0 Å². The molecule has 0 heterocycles. The molecule has 0 radical (unpaired) electrons. The van der Waals surface area contributed by atoms with E-state index < -0.39 is 11.9 Å². The molecule has 0 aromatic heterocycles. The van der Waals surface area contributed by atoms with Gasteiger partial charge in [-0.25, -0.2) is 4.79 Å². The zero-order chi connectivity index (χ0) is 20.0. The Hall–Kier alpha value is -3.06. The van der Waals surface area contributed by atoms with Gasteiger partial charge in [0.25, 0.3) is 5.91 Å². The molecule has 2 aromatic carbocycles. The number of nitrogens with one attached hydrogen (secondary N) is 2. The number of ether oxygens (including phenoxy) is 2. The zero-order valence-electron chi connectivity index (χ0n) is 15.1. The van der Waals surface area contributed by atoms with E-state index in [4.69, 9.17) is 21.1 Å². The van der Waals surface area contributed by atoms with Crippen molar-refractivity contribution < 1.29 is 23.9 Å². The summed E-state index contributed by atoms with van der Waals surface area (Å²) in [5.41, 5.74) is 0.998. The number of carbonyl (C=O) groups excluding carboxylic acids is 3. The Bertz CT molecular complexity index is 882. The van der Waals surface area contributed by atoms with Gasteiger partial charge >= 0.3 is 5.97 Å². The molecule has 0 aliphatic heterocycles. The van der Waals surface area contributed by atoms with Crippen LogP contribution in [0, 0.1) is 0 Å². The molecule has 0 atom stereocenters. The fourth-order valence-electron chi connectivity index (χ4n) is 2.35. The highest BCUT2D eigenvalue weighted by atomic mass is 35.5. The van der Waals surface area contributed by atoms with Gasteiger partial charge in [0.05, 0.1) is 41.2 Å². The third kappa shape index (κ3) is 4.98. The fraction of sp³-hybridized carbons (Fsp3) is 0.211. The van der Waals surface area contributed by atoms with Gasteiger partial charge in [0, 0.05) is 13.0 Å². The molecule has 2 aromatic rings. The summed E-state index contributed by atoms with van der Waals surface area (Å²) in [6.45, 7) is 3.26. The predicted molar refractivity (Wildman–Crippen MR) is 103 cm³/mol. The lowest BCUT2D eigenvalue weighted by atomic mass is 10.1. The van der Waals surface area contributed by atoms with Gasteiger partial charge in [0.2, 0.25) is 5.91 Å². The van der Waals surface area contributed by atoms with Crippen LogP contribution in [-0.4, -0.2) is 31.5 Å². The molecule has 8 heteroatoms. The van der Waals surface area contributed by atoms with Crippen molar-refractivity contribution in [2.24, 2.45) is 0 Å². The minimum atomic E-state index is -0.542. The summed E-state index contributed by atoms with van der Waals surface area (Å²) in [5, 5.41) is 5.40. The number of anilines is 2. The normalized spacial score (nSPS) is 10.1. The Kier molecular flexibility index (Phi) is 6.79. The van der Waals surface area contributed by atoms with Crippen molar-refractivity contribution in [3.63, 3.8) is 0 Å². The van der Waals surface area contributed by atoms with Gasteiger partial charge in [-0.1, -0.05) is 23.7 Å². The number of hydrogen-bond acceptors (Lipinski definition) is 5. The Morgan fingerprint density at radius 2 is 1.74 bits per heavy atom. The van der Waals surface area contributed by atoms with Crippen LogP contribution >= 0.6 is 11.6 Å². The van der Waals surface area contributed by atoms with E-state index in [2.05, 4.69) is 10.6 Å². The van der Waals surface area contributed by atoms with Gasteiger partial charge in [-0.2, -0.15) is 0 Å². The highest BCUT2D eigenvalue weighted by Gasteiger charge is 2.19. The van der Waals surface area contributed by atoms with Gasteiger partial charge in [0.15, 0.2) is 0 Å². The quantitative estimate of drug-likeness (QED) is 0.733. The van der Waals surface area contributed by atoms with E-state index >= 15 is 0 Å². The number of methoxy groups -OCH3 is 1. The number of carbonyl (C=O) groups is 3. The lowest BCUT2D eigenvalue weighted by molar-refractivity contribution is -0.114. The van der Waals surface area contributed by atoms with E-state index in [1.165, 1.54) is 26.2 Å². The first kappa shape index (κ1) is 20.3. The monoisotopic (exact) mass is 390 g/mol. The summed E-state index contributed by atoms with van der Waals surface area (Å²) in [6.07, 6.45) is 0. The van der Waals surface area contributed by atoms with Crippen LogP contribution in [0.2, 0.25) is 5.02 Å². The third-order valence-corrected chi connectivity index (χ3v) is 3.83. The molecule has 0 fully saturated rings. The molecule has 0 bridgehead atoms. The Labute approximate surface area is 161 Å². The minimum absolute atomic E-state index is 0.148. The molecular weight excluding hydrogens is 372 g/mol. The second-order valence-corrected chi connectivity index (χ2v) is 5.84. The molecule has 0 saturated carbocycles. The lowest BCUT2D eigenvalue weighted by Crippen LogP contribution is -2.17. The maximum Gasteiger partial charge on any atom is 0.340 e. The Morgan fingerprint density at radius 3 is 2.37 bits per heavy atom. The molecule has 0 saturated heterocycles. The molecule has 27 heavy (non-hydrogen) atoms. The maximum absolute atomic E-state index is 12.7. The first-order chi connectivity index (χ1) is 12.9. The summed E-state index contributed by atoms with van der Waals surface area (Å²) >= 11 is 6.15. The van der Waals surface area contributed by atoms with Crippen LogP contribution in [-0.2, 0) is 9.53 Å². The van der Waals surface area contributed by atoms with Crippen LogP contribution in [0.1, 0.15) is 34.6 Å². The third-order valence-electron chi connectivity index (χ3n) is 3.52. The van der Waals surface area contributed by atoms with Gasteiger partial charge in [-0.05, 0) is 25.1 Å². The number of benzene rings is 2. The fourth-order valence-corrected chi connectivity index (χ4v) is 2.56. The predicted octanol–water partition coefficient (Wildman–Crippen LogP) is 3.74. The average molecular weight is 391 g/mol. The molecule has 0 spiro atoms. The molecule has 2 amide bonds. The topological polar surface area (TPSA) is 93.7 Å². The van der Waals surface area contributed by atoms with Gasteiger partial charge in [-0.15, -0.1) is 0 Å². The lowest BCUT2D eigenvalue weighted by Gasteiger charge is -2.14. The van der Waals surface area contributed by atoms with Crippen LogP contribution in [0.4, 0.5) is 11.4 Å². The molecular formula is C19H19ClN2O5. The molecule has 7 nitrogen and oxygen atoms in total. The summed E-state index contributed by atoms with van der Waals surface area (Å²) in [4.78, 5) is 36.0. The summed E-state index contributed by atoms with van der Waals surface area (Å²) in [5.74, 6) is -1.16. The summed E-state index contributed by atoms with van der Waals surface area (Å²) in [7, 11) is 1.39. The van der Waals surface area contributed by atoms with Crippen molar-refractivity contribution in [1.82, 2.24) is 0 Å². The molecule has 0 aliphatic carbocycles. The van der Waals surface area contributed by atoms with E-state index in [-0.39, 0.29) is 34.4 Å². The number of halogens is 1. The Morgan fingerprint density at radius 1 is 1.04 bits per heavy atom. The van der Waals surface area contributed by atoms with Crippen molar-refractivity contribution in [2.75, 3.05) is 24.4 Å². The molecule has 0 aliphatic rings. The number of amides is 2. The largest absolute Gasteiger partial charge is 0.496 e. The van der Waals surface area contributed by atoms with Gasteiger partial charge < -0.3 is 20.1 Å². The van der Waals surface area contributed by atoms with Crippen LogP contribution < -0.4 is 15.4 Å². The molecule has 2 N–H and O–H groups in total. The standard InChI is InChI=1S/C19H19ClN2O5/c1-4-27-19(25)12-7-5-6-8-15(12)22-18(24)13-9-14(20)16(21-11(2)23)10-17(13)26-3/h5-10H,4H2,1-3H3,(H,21,23)(H,22,24). The Balaban J connectivity index is 2.35. The van der Waals surface area contributed by atoms with Crippen molar-refractivity contribution in [1.29, 1.82) is 0 Å². The van der Waals surface area contributed by atoms with Crippen molar-refractivity contribution >= 4 is 40.8 Å². The van der Waals surface area contributed by atoms with Gasteiger partial charge in [-0.3, -0.25) is 9.59 Å². The van der Waals surface area contributed by atoms with Crippen LogP contribution in [0.25, 0.3) is 0 Å². The van der Waals surface area contributed by atoms with Crippen LogP contribution in [0.15, 0.2) is 36.4 Å². The highest BCUT2D eigenvalue weighted by molar-refractivity contribution is 6.34. The molecule has 2 rings (SSSR count). The van der Waals surface area contributed by atoms with Crippen molar-refractivity contribution in [2.45, 2.75) is 13.8 Å². The van der Waals surface area contributed by atoms with Crippen molar-refractivity contribution in [3.05, 3.63) is 52.5 Å². The highest BCUT2D eigenvalue weighted by Crippen LogP contribution is 2.32. The summed E-state index contributed by atoms with van der Waals surface area (Å²) < 4.78 is 10.2. The first-order valence-corrected chi connectivity index (χ1v) is 8.47. The smallest absolute Gasteiger partial charge is 0.340 e. The molecule has 0 unspecified atom stereocenters. The second-order valence-electron chi connectivity index (χ2n) is 5.43. The van der Waals surface area contributed by atoms with E-state index in [9.17, 15) is 14.4 Å². The summed E-state index contributed by atoms with van der Waals surface area (Å²) in [6, 6.07) is 9.33. The average Bonchev–Trinajstić information content (AvgIpc) is 2.63. The molecule has 142 valence electrons. The van der Waals surface area contributed by atoms with Crippen LogP contribution in [0.5, 0.6) is 5.75 Å². The SMILES string of the molecule is CCOC(=O)c1ccccc1NC(=O)c1cc(Cl)c(NC(C)=O)cc1OC.